The molecule has 282 valence electrons. The first kappa shape index (κ1) is 37.7. The number of nitrogens with zero attached hydrogens (tertiary/aromatic N) is 3. The third-order valence-corrected chi connectivity index (χ3v) is 9.92. The Bertz CT molecular complexity index is 1990. The van der Waals surface area contributed by atoms with Gasteiger partial charge in [-0.15, -0.1) is 0 Å². The van der Waals surface area contributed by atoms with E-state index in [0.717, 1.165) is 21.7 Å². The standard InChI is InChI=1S/C40H49N5O8/c1-24-21-32(44-53-24)34(47)41-31-18-8-6-7-13-25(46)19-20-40(5,38(50)52-39(2,3)4)43-35(48)33-22-26(23-45(33)37(31)49)51-36-29-16-10-9-14-27(29)28-15-11-12-17-30(28)42-36/h9-12,14-17,21,25-26,31,33,46H,6-8,13,18-20,22-23H2,1-5H3,(H,41,47)(H,43,48). The number of carbonyl (C=O) groups is 4. The molecule has 0 saturated carbocycles. The van der Waals surface area contributed by atoms with E-state index in [1.165, 1.54) is 11.0 Å². The molecule has 5 atom stereocenters. The minimum atomic E-state index is -1.51. The van der Waals surface area contributed by atoms with Crippen LogP contribution < -0.4 is 15.4 Å². The Balaban J connectivity index is 1.35. The number of aryl methyl sites for hydroxylation is 1. The monoisotopic (exact) mass is 727 g/mol. The topological polar surface area (TPSA) is 173 Å². The highest BCUT2D eigenvalue weighted by molar-refractivity contribution is 6.07. The summed E-state index contributed by atoms with van der Waals surface area (Å²) in [6.07, 6.45) is 1.81. The molecule has 3 N–H and O–H groups in total. The van der Waals surface area contributed by atoms with Crippen LogP contribution in [-0.2, 0) is 19.1 Å². The number of esters is 1. The highest BCUT2D eigenvalue weighted by Gasteiger charge is 2.47. The summed E-state index contributed by atoms with van der Waals surface area (Å²) in [5.41, 5.74) is -1.57. The number of benzene rings is 2. The van der Waals surface area contributed by atoms with Crippen LogP contribution in [0.1, 0.15) is 95.3 Å². The van der Waals surface area contributed by atoms with Gasteiger partial charge >= 0.3 is 5.97 Å². The lowest BCUT2D eigenvalue weighted by Gasteiger charge is -2.35. The van der Waals surface area contributed by atoms with Crippen LogP contribution in [0.2, 0.25) is 0 Å². The zero-order valence-corrected chi connectivity index (χ0v) is 31.0. The quantitative estimate of drug-likeness (QED) is 0.184. The van der Waals surface area contributed by atoms with E-state index in [0.29, 0.717) is 43.7 Å². The van der Waals surface area contributed by atoms with Gasteiger partial charge in [-0.1, -0.05) is 60.8 Å². The number of nitrogens with one attached hydrogen (secondary N) is 2. The van der Waals surface area contributed by atoms with Crippen molar-refractivity contribution in [3.05, 3.63) is 66.1 Å². The number of rotatable bonds is 5. The predicted octanol–water partition coefficient (Wildman–Crippen LogP) is 5.15. The number of ether oxygens (including phenoxy) is 2. The molecule has 2 saturated heterocycles. The normalized spacial score (nSPS) is 24.9. The number of aliphatic hydroxyl groups is 1. The van der Waals surface area contributed by atoms with E-state index in [2.05, 4.69) is 15.8 Å². The van der Waals surface area contributed by atoms with Crippen molar-refractivity contribution in [1.29, 1.82) is 0 Å². The number of carbonyl (C=O) groups excluding carboxylic acids is 4. The Kier molecular flexibility index (Phi) is 11.0. The van der Waals surface area contributed by atoms with Gasteiger partial charge in [-0.05, 0) is 77.8 Å². The van der Waals surface area contributed by atoms with E-state index in [-0.39, 0.29) is 31.5 Å². The largest absolute Gasteiger partial charge is 0.472 e. The van der Waals surface area contributed by atoms with Crippen LogP contribution in [0, 0.1) is 6.92 Å². The van der Waals surface area contributed by atoms with E-state index in [1.807, 2.05) is 48.5 Å². The highest BCUT2D eigenvalue weighted by Crippen LogP contribution is 2.34. The van der Waals surface area contributed by atoms with Gasteiger partial charge in [0.05, 0.1) is 18.2 Å². The van der Waals surface area contributed by atoms with Gasteiger partial charge in [0, 0.05) is 23.3 Å². The molecule has 5 unspecified atom stereocenters. The van der Waals surface area contributed by atoms with Crippen LogP contribution in [0.5, 0.6) is 5.88 Å². The van der Waals surface area contributed by atoms with Crippen LogP contribution in [0.4, 0.5) is 0 Å². The first-order chi connectivity index (χ1) is 25.2. The average Bonchev–Trinajstić information content (AvgIpc) is 3.75. The van der Waals surface area contributed by atoms with Gasteiger partial charge in [-0.2, -0.15) is 0 Å². The van der Waals surface area contributed by atoms with Crippen molar-refractivity contribution in [2.45, 2.75) is 121 Å². The maximum atomic E-state index is 14.6. The minimum Gasteiger partial charge on any atom is -0.472 e. The Morgan fingerprint density at radius 2 is 1.70 bits per heavy atom. The third kappa shape index (κ3) is 8.78. The summed E-state index contributed by atoms with van der Waals surface area (Å²) in [6.45, 7) is 8.52. The molecule has 2 fully saturated rings. The Labute approximate surface area is 308 Å². The van der Waals surface area contributed by atoms with Gasteiger partial charge in [-0.3, -0.25) is 14.4 Å². The first-order valence-corrected chi connectivity index (χ1v) is 18.4. The summed E-state index contributed by atoms with van der Waals surface area (Å²) < 4.78 is 17.4. The number of para-hydroxylation sites is 1. The van der Waals surface area contributed by atoms with Crippen molar-refractivity contribution >= 4 is 45.4 Å². The summed E-state index contributed by atoms with van der Waals surface area (Å²) in [7, 11) is 0. The van der Waals surface area contributed by atoms with Crippen molar-refractivity contribution < 1.29 is 38.3 Å². The molecular formula is C40H49N5O8. The van der Waals surface area contributed by atoms with E-state index in [4.69, 9.17) is 19.0 Å². The lowest BCUT2D eigenvalue weighted by Crippen LogP contribution is -2.60. The maximum Gasteiger partial charge on any atom is 0.332 e. The summed E-state index contributed by atoms with van der Waals surface area (Å²) in [4.78, 5) is 62.3. The second-order valence-corrected chi connectivity index (χ2v) is 15.5. The molecule has 2 aliphatic rings. The van der Waals surface area contributed by atoms with E-state index >= 15 is 0 Å². The van der Waals surface area contributed by atoms with Crippen LogP contribution in [0.3, 0.4) is 0 Å². The maximum absolute atomic E-state index is 14.6. The van der Waals surface area contributed by atoms with Crippen LogP contribution in [-0.4, -0.2) is 85.8 Å². The fourth-order valence-electron chi connectivity index (χ4n) is 7.13. The Morgan fingerprint density at radius 3 is 2.42 bits per heavy atom. The molecule has 13 nitrogen and oxygen atoms in total. The second-order valence-electron chi connectivity index (χ2n) is 15.5. The molecule has 0 aliphatic carbocycles. The smallest absolute Gasteiger partial charge is 0.332 e. The first-order valence-electron chi connectivity index (χ1n) is 18.4. The minimum absolute atomic E-state index is 0.0249. The number of amides is 3. The molecule has 2 aromatic heterocycles. The Hall–Kier alpha value is -5.04. The SMILES string of the molecule is Cc1cc(C(=O)NC2CCCCCC(O)CCC(C)(C(=O)OC(C)(C)C)NC(=O)C3CC(Oc4nc5ccccc5c5ccccc45)CN3C2=O)no1. The van der Waals surface area contributed by atoms with E-state index in [9.17, 15) is 24.3 Å². The molecule has 13 heteroatoms. The molecule has 2 aromatic carbocycles. The summed E-state index contributed by atoms with van der Waals surface area (Å²) in [5, 5.41) is 23.2. The van der Waals surface area contributed by atoms with Gasteiger partial charge in [0.2, 0.25) is 17.7 Å². The van der Waals surface area contributed by atoms with Crippen molar-refractivity contribution in [2.75, 3.05) is 6.54 Å². The number of hydrogen-bond donors (Lipinski definition) is 3. The van der Waals surface area contributed by atoms with Gasteiger partial charge in [0.25, 0.3) is 5.91 Å². The molecule has 4 aromatic rings. The molecule has 4 heterocycles. The average molecular weight is 728 g/mol. The van der Waals surface area contributed by atoms with Crippen molar-refractivity contribution in [2.24, 2.45) is 0 Å². The number of aromatic nitrogens is 2. The highest BCUT2D eigenvalue weighted by atomic mass is 16.6. The summed E-state index contributed by atoms with van der Waals surface area (Å²) in [6, 6.07) is 15.0. The predicted molar refractivity (Wildman–Crippen MR) is 197 cm³/mol. The molecule has 53 heavy (non-hydrogen) atoms. The Morgan fingerprint density at radius 1 is 1.00 bits per heavy atom. The molecule has 0 bridgehead atoms. The fourth-order valence-corrected chi connectivity index (χ4v) is 7.13. The molecule has 3 amide bonds. The van der Waals surface area contributed by atoms with Crippen molar-refractivity contribution in [3.63, 3.8) is 0 Å². The van der Waals surface area contributed by atoms with Gasteiger partial charge in [0.15, 0.2) is 5.69 Å². The molecule has 0 spiro atoms. The number of hydrogen-bond acceptors (Lipinski definition) is 10. The molecular weight excluding hydrogens is 678 g/mol. The van der Waals surface area contributed by atoms with Crippen LogP contribution in [0.25, 0.3) is 21.7 Å². The fraction of sp³-hybridized carbons (Fsp3) is 0.500. The zero-order valence-electron chi connectivity index (χ0n) is 31.0. The van der Waals surface area contributed by atoms with Crippen molar-refractivity contribution in [3.8, 4) is 5.88 Å². The lowest BCUT2D eigenvalue weighted by atomic mass is 9.91. The van der Waals surface area contributed by atoms with Crippen molar-refractivity contribution in [1.82, 2.24) is 25.7 Å². The van der Waals surface area contributed by atoms with E-state index in [1.54, 1.807) is 34.6 Å². The number of pyridine rings is 1. The van der Waals surface area contributed by atoms with Crippen LogP contribution in [0.15, 0.2) is 59.1 Å². The second kappa shape index (κ2) is 15.5. The van der Waals surface area contributed by atoms with Gasteiger partial charge < -0.3 is 34.6 Å². The summed E-state index contributed by atoms with van der Waals surface area (Å²) >= 11 is 0. The molecule has 6 rings (SSSR count). The molecule has 0 radical (unpaired) electrons. The van der Waals surface area contributed by atoms with Crippen LogP contribution >= 0.6 is 0 Å². The third-order valence-electron chi connectivity index (χ3n) is 9.92. The van der Waals surface area contributed by atoms with E-state index < -0.39 is 59.1 Å². The lowest BCUT2D eigenvalue weighted by molar-refractivity contribution is -0.165. The zero-order chi connectivity index (χ0) is 37.9. The van der Waals surface area contributed by atoms with Gasteiger partial charge in [-0.25, -0.2) is 9.78 Å². The number of fused-ring (bicyclic) bond motifs is 4. The number of aliphatic hydroxyl groups excluding tert-OH is 1. The van der Waals surface area contributed by atoms with Gasteiger partial charge in [0.1, 0.15) is 35.1 Å². The summed E-state index contributed by atoms with van der Waals surface area (Å²) in [5.74, 6) is -1.44. The molecule has 2 aliphatic heterocycles.